The van der Waals surface area contributed by atoms with E-state index in [2.05, 4.69) is 18.7 Å². The van der Waals surface area contributed by atoms with Crippen LogP contribution >= 0.6 is 0 Å². The van der Waals surface area contributed by atoms with Crippen LogP contribution in [0.2, 0.25) is 0 Å². The molecule has 0 spiro atoms. The van der Waals surface area contributed by atoms with Crippen molar-refractivity contribution >= 4 is 5.91 Å². The van der Waals surface area contributed by atoms with Gasteiger partial charge >= 0.3 is 0 Å². The zero-order valence-corrected chi connectivity index (χ0v) is 12.2. The summed E-state index contributed by atoms with van der Waals surface area (Å²) in [6.45, 7) is 6.27. The van der Waals surface area contributed by atoms with Crippen molar-refractivity contribution in [1.82, 2.24) is 4.90 Å². The molecule has 19 heavy (non-hydrogen) atoms. The van der Waals surface area contributed by atoms with E-state index in [1.54, 1.807) is 0 Å². The third-order valence-electron chi connectivity index (χ3n) is 5.55. The van der Waals surface area contributed by atoms with E-state index in [-0.39, 0.29) is 24.2 Å². The van der Waals surface area contributed by atoms with Crippen LogP contribution in [-0.2, 0) is 9.53 Å². The molecule has 2 bridgehead atoms. The summed E-state index contributed by atoms with van der Waals surface area (Å²) >= 11 is 0. The molecule has 0 aliphatic carbocycles. The molecular weight excluding hydrogens is 240 g/mol. The summed E-state index contributed by atoms with van der Waals surface area (Å²) in [5.74, 6) is 0.675. The van der Waals surface area contributed by atoms with Crippen LogP contribution in [0.5, 0.6) is 0 Å². The molecule has 1 amide bonds. The Morgan fingerprint density at radius 2 is 1.68 bits per heavy atom. The molecule has 4 heteroatoms. The summed E-state index contributed by atoms with van der Waals surface area (Å²) in [7, 11) is 0. The average Bonchev–Trinajstić information content (AvgIpc) is 2.74. The molecule has 6 unspecified atom stereocenters. The van der Waals surface area contributed by atoms with Crippen molar-refractivity contribution in [1.29, 1.82) is 0 Å². The fraction of sp³-hybridized carbons (Fsp3) is 0.933. The molecule has 6 atom stereocenters. The maximum atomic E-state index is 12.9. The Balaban J connectivity index is 1.78. The van der Waals surface area contributed by atoms with Gasteiger partial charge in [-0.15, -0.1) is 0 Å². The maximum Gasteiger partial charge on any atom is 0.229 e. The molecule has 3 saturated heterocycles. The summed E-state index contributed by atoms with van der Waals surface area (Å²) in [5.41, 5.74) is 6.09. The van der Waals surface area contributed by atoms with Gasteiger partial charge in [-0.1, -0.05) is 6.92 Å². The second-order valence-corrected chi connectivity index (χ2v) is 6.79. The van der Waals surface area contributed by atoms with Crippen LogP contribution in [0.4, 0.5) is 0 Å². The topological polar surface area (TPSA) is 55.6 Å². The molecule has 3 aliphatic rings. The van der Waals surface area contributed by atoms with Gasteiger partial charge in [0.05, 0.1) is 18.1 Å². The van der Waals surface area contributed by atoms with Crippen LogP contribution in [0.3, 0.4) is 0 Å². The first kappa shape index (κ1) is 13.4. The molecule has 108 valence electrons. The van der Waals surface area contributed by atoms with Crippen LogP contribution in [0.1, 0.15) is 46.5 Å². The number of ether oxygens (including phenoxy) is 1. The van der Waals surface area contributed by atoms with Crippen molar-refractivity contribution in [3.8, 4) is 0 Å². The molecule has 3 fully saturated rings. The SMILES string of the molecule is CC1OC(C)C(C(=O)N2C3CCC2CC(N)C3)C1C. The Morgan fingerprint density at radius 1 is 1.11 bits per heavy atom. The Kier molecular flexibility index (Phi) is 3.34. The second-order valence-electron chi connectivity index (χ2n) is 6.79. The number of amides is 1. The van der Waals surface area contributed by atoms with Gasteiger partial charge < -0.3 is 15.4 Å². The Morgan fingerprint density at radius 3 is 2.16 bits per heavy atom. The highest BCUT2D eigenvalue weighted by molar-refractivity contribution is 5.81. The van der Waals surface area contributed by atoms with Gasteiger partial charge in [0.1, 0.15) is 0 Å². The van der Waals surface area contributed by atoms with Crippen LogP contribution in [0.25, 0.3) is 0 Å². The molecule has 4 nitrogen and oxygen atoms in total. The van der Waals surface area contributed by atoms with Gasteiger partial charge in [0.2, 0.25) is 5.91 Å². The average molecular weight is 266 g/mol. The van der Waals surface area contributed by atoms with Crippen molar-refractivity contribution < 1.29 is 9.53 Å². The normalized spacial score (nSPS) is 49.7. The smallest absolute Gasteiger partial charge is 0.229 e. The Labute approximate surface area is 115 Å². The molecule has 0 radical (unpaired) electrons. The van der Waals surface area contributed by atoms with Crippen LogP contribution in [0, 0.1) is 11.8 Å². The zero-order chi connectivity index (χ0) is 13.7. The van der Waals surface area contributed by atoms with Crippen LogP contribution < -0.4 is 5.73 Å². The largest absolute Gasteiger partial charge is 0.374 e. The van der Waals surface area contributed by atoms with E-state index in [4.69, 9.17) is 10.5 Å². The van der Waals surface area contributed by atoms with E-state index in [9.17, 15) is 4.79 Å². The molecule has 0 aromatic rings. The van der Waals surface area contributed by atoms with E-state index in [1.165, 1.54) is 0 Å². The number of nitrogens with two attached hydrogens (primary N) is 1. The van der Waals surface area contributed by atoms with Crippen LogP contribution in [-0.4, -0.2) is 41.1 Å². The fourth-order valence-corrected chi connectivity index (χ4v) is 4.44. The lowest BCUT2D eigenvalue weighted by Crippen LogP contribution is -2.53. The third-order valence-corrected chi connectivity index (χ3v) is 5.55. The molecule has 0 aromatic carbocycles. The number of piperidine rings is 1. The van der Waals surface area contributed by atoms with Crippen molar-refractivity contribution in [2.24, 2.45) is 17.6 Å². The minimum atomic E-state index is 0.0347. The van der Waals surface area contributed by atoms with Gasteiger partial charge in [-0.25, -0.2) is 0 Å². The Hall–Kier alpha value is -0.610. The number of rotatable bonds is 1. The second kappa shape index (κ2) is 4.74. The number of nitrogens with zero attached hydrogens (tertiary/aromatic N) is 1. The lowest BCUT2D eigenvalue weighted by atomic mass is 9.86. The van der Waals surface area contributed by atoms with Gasteiger partial charge in [-0.05, 0) is 45.4 Å². The van der Waals surface area contributed by atoms with E-state index in [1.807, 2.05) is 6.92 Å². The summed E-state index contributed by atoms with van der Waals surface area (Å²) in [6, 6.07) is 1.06. The molecule has 0 saturated carbocycles. The number of carbonyl (C=O) groups excluding carboxylic acids is 1. The minimum Gasteiger partial charge on any atom is -0.374 e. The van der Waals surface area contributed by atoms with E-state index in [0.717, 1.165) is 25.7 Å². The Bertz CT molecular complexity index is 359. The van der Waals surface area contributed by atoms with Gasteiger partial charge in [0, 0.05) is 18.1 Å². The van der Waals surface area contributed by atoms with E-state index in [0.29, 0.717) is 23.9 Å². The predicted molar refractivity (Wildman–Crippen MR) is 73.5 cm³/mol. The molecular formula is C15H26N2O2. The summed E-state index contributed by atoms with van der Waals surface area (Å²) in [6.07, 6.45) is 4.47. The molecule has 2 N–H and O–H groups in total. The summed E-state index contributed by atoms with van der Waals surface area (Å²) < 4.78 is 5.84. The first-order valence-electron chi connectivity index (χ1n) is 7.72. The quantitative estimate of drug-likeness (QED) is 0.783. The van der Waals surface area contributed by atoms with Crippen molar-refractivity contribution in [3.63, 3.8) is 0 Å². The summed E-state index contributed by atoms with van der Waals surface area (Å²) in [5, 5.41) is 0. The number of fused-ring (bicyclic) bond motifs is 2. The standard InChI is InChI=1S/C15H26N2O2/c1-8-9(2)19-10(3)14(8)15(18)17-12-4-5-13(17)7-11(16)6-12/h8-14H,4-7,16H2,1-3H3. The molecule has 3 heterocycles. The maximum absolute atomic E-state index is 12.9. The highest BCUT2D eigenvalue weighted by atomic mass is 16.5. The van der Waals surface area contributed by atoms with E-state index < -0.39 is 0 Å². The monoisotopic (exact) mass is 266 g/mol. The summed E-state index contributed by atoms with van der Waals surface area (Å²) in [4.78, 5) is 15.1. The highest BCUT2D eigenvalue weighted by Gasteiger charge is 2.49. The van der Waals surface area contributed by atoms with Crippen molar-refractivity contribution in [3.05, 3.63) is 0 Å². The van der Waals surface area contributed by atoms with Crippen LogP contribution in [0.15, 0.2) is 0 Å². The van der Waals surface area contributed by atoms with Crippen molar-refractivity contribution in [2.45, 2.75) is 76.8 Å². The fourth-order valence-electron chi connectivity index (χ4n) is 4.44. The van der Waals surface area contributed by atoms with Gasteiger partial charge in [0.15, 0.2) is 0 Å². The third kappa shape index (κ3) is 2.09. The lowest BCUT2D eigenvalue weighted by molar-refractivity contribution is -0.142. The minimum absolute atomic E-state index is 0.0347. The zero-order valence-electron chi connectivity index (χ0n) is 12.2. The lowest BCUT2D eigenvalue weighted by Gasteiger charge is -2.40. The molecule has 3 rings (SSSR count). The van der Waals surface area contributed by atoms with Gasteiger partial charge in [0.25, 0.3) is 0 Å². The number of carbonyl (C=O) groups is 1. The van der Waals surface area contributed by atoms with Gasteiger partial charge in [-0.3, -0.25) is 4.79 Å². The van der Waals surface area contributed by atoms with Gasteiger partial charge in [-0.2, -0.15) is 0 Å². The van der Waals surface area contributed by atoms with E-state index >= 15 is 0 Å². The molecule has 0 aromatic heterocycles. The predicted octanol–water partition coefficient (Wildman–Crippen LogP) is 1.53. The number of hydrogen-bond donors (Lipinski definition) is 1. The van der Waals surface area contributed by atoms with Crippen molar-refractivity contribution in [2.75, 3.05) is 0 Å². The molecule has 3 aliphatic heterocycles. The first-order chi connectivity index (χ1) is 8.99. The highest BCUT2D eigenvalue weighted by Crippen LogP contribution is 2.40. The number of hydrogen-bond acceptors (Lipinski definition) is 3. The first-order valence-corrected chi connectivity index (χ1v) is 7.72.